The second kappa shape index (κ2) is 10.2. The van der Waals surface area contributed by atoms with Crippen molar-refractivity contribution in [3.05, 3.63) is 18.2 Å². The number of carbonyl (C=O) groups is 2. The maximum atomic E-state index is 11.9. The Morgan fingerprint density at radius 2 is 2.12 bits per heavy atom. The summed E-state index contributed by atoms with van der Waals surface area (Å²) in [6, 6.07) is 0. The van der Waals surface area contributed by atoms with E-state index in [1.807, 2.05) is 24.3 Å². The van der Waals surface area contributed by atoms with Gasteiger partial charge in [-0.2, -0.15) is 13.2 Å². The van der Waals surface area contributed by atoms with E-state index in [0.717, 1.165) is 64.4 Å². The summed E-state index contributed by atoms with van der Waals surface area (Å²) in [5.41, 5.74) is -0.241. The number of halogens is 3. The first kappa shape index (κ1) is 24.5. The molecular formula is C20H29F3N4O5. The molecule has 1 aromatic rings. The van der Waals surface area contributed by atoms with E-state index < -0.39 is 12.1 Å². The maximum Gasteiger partial charge on any atom is 0.490 e. The van der Waals surface area contributed by atoms with Crippen LogP contribution in [0.15, 0.2) is 12.4 Å². The number of aliphatic carboxylic acids is 1. The lowest BCUT2D eigenvalue weighted by atomic mass is 10.00. The summed E-state index contributed by atoms with van der Waals surface area (Å²) in [5, 5.41) is 7.12. The van der Waals surface area contributed by atoms with E-state index in [-0.39, 0.29) is 17.6 Å². The van der Waals surface area contributed by atoms with Crippen molar-refractivity contribution >= 4 is 11.9 Å². The van der Waals surface area contributed by atoms with Crippen molar-refractivity contribution in [2.45, 2.75) is 50.1 Å². The lowest BCUT2D eigenvalue weighted by Gasteiger charge is -2.32. The Morgan fingerprint density at radius 1 is 1.38 bits per heavy atom. The molecule has 3 fully saturated rings. The van der Waals surface area contributed by atoms with Crippen molar-refractivity contribution in [1.29, 1.82) is 0 Å². The Labute approximate surface area is 184 Å². The Kier molecular flexibility index (Phi) is 7.78. The second-order valence-corrected chi connectivity index (χ2v) is 8.43. The first-order valence-electron chi connectivity index (χ1n) is 10.6. The highest BCUT2D eigenvalue weighted by molar-refractivity contribution is 5.78. The minimum Gasteiger partial charge on any atom is -0.475 e. The number of carboxylic acids is 1. The van der Waals surface area contributed by atoms with Crippen LogP contribution < -0.4 is 0 Å². The van der Waals surface area contributed by atoms with Gasteiger partial charge in [0.05, 0.1) is 25.9 Å². The number of hydrogen-bond acceptors (Lipinski definition) is 6. The van der Waals surface area contributed by atoms with Crippen molar-refractivity contribution in [2.24, 2.45) is 7.05 Å². The number of likely N-dealkylation sites (tertiary alicyclic amines) is 1. The molecule has 12 heteroatoms. The van der Waals surface area contributed by atoms with E-state index >= 15 is 0 Å². The molecule has 2 atom stereocenters. The summed E-state index contributed by atoms with van der Waals surface area (Å²) in [6.45, 7) is 5.57. The molecule has 3 aliphatic rings. The van der Waals surface area contributed by atoms with Gasteiger partial charge in [0.1, 0.15) is 11.4 Å². The number of carbonyl (C=O) groups excluding carboxylic acids is 1. The summed E-state index contributed by atoms with van der Waals surface area (Å²) >= 11 is 0. The highest BCUT2D eigenvalue weighted by Crippen LogP contribution is 2.34. The number of ether oxygens (including phenoxy) is 2. The topological polar surface area (TPSA) is 97.1 Å². The molecule has 1 aromatic heterocycles. The molecule has 1 N–H and O–H groups in total. The van der Waals surface area contributed by atoms with E-state index in [9.17, 15) is 18.0 Å². The van der Waals surface area contributed by atoms with Gasteiger partial charge in [-0.15, -0.1) is 0 Å². The SMILES string of the molecule is Cn1ccnc1CN1CCOC[C@]2(CC[C@H](CN3CCCC3=O)O2)C1.O=C(O)C(F)(F)F. The highest BCUT2D eigenvalue weighted by Gasteiger charge is 2.44. The van der Waals surface area contributed by atoms with Gasteiger partial charge in [-0.05, 0) is 19.3 Å². The highest BCUT2D eigenvalue weighted by atomic mass is 19.4. The molecule has 0 unspecified atom stereocenters. The third kappa shape index (κ3) is 6.42. The first-order valence-corrected chi connectivity index (χ1v) is 10.6. The van der Waals surface area contributed by atoms with E-state index in [1.54, 1.807) is 0 Å². The number of imidazole rings is 1. The van der Waals surface area contributed by atoms with Gasteiger partial charge in [0.15, 0.2) is 0 Å². The zero-order valence-electron chi connectivity index (χ0n) is 18.0. The summed E-state index contributed by atoms with van der Waals surface area (Å²) in [6.07, 6.45) is 2.55. The van der Waals surface area contributed by atoms with Crippen LogP contribution in [0.5, 0.6) is 0 Å². The Hall–Kier alpha value is -2.18. The normalized spacial score (nSPS) is 26.8. The van der Waals surface area contributed by atoms with E-state index in [1.165, 1.54) is 0 Å². The number of aromatic nitrogens is 2. The molecule has 1 amide bonds. The van der Waals surface area contributed by atoms with Crippen LogP contribution in [0.2, 0.25) is 0 Å². The molecule has 0 aromatic carbocycles. The largest absolute Gasteiger partial charge is 0.490 e. The van der Waals surface area contributed by atoms with Crippen molar-refractivity contribution in [3.8, 4) is 0 Å². The lowest BCUT2D eigenvalue weighted by Crippen LogP contribution is -2.45. The molecule has 0 saturated carbocycles. The molecule has 0 radical (unpaired) electrons. The third-order valence-electron chi connectivity index (χ3n) is 5.89. The van der Waals surface area contributed by atoms with Gasteiger partial charge in [0.25, 0.3) is 0 Å². The van der Waals surface area contributed by atoms with Crippen LogP contribution in [0.25, 0.3) is 0 Å². The summed E-state index contributed by atoms with van der Waals surface area (Å²) in [4.78, 5) is 29.6. The molecule has 9 nitrogen and oxygen atoms in total. The molecule has 3 saturated heterocycles. The molecule has 0 aliphatic carbocycles. The van der Waals surface area contributed by atoms with Crippen molar-refractivity contribution < 1.29 is 37.3 Å². The molecule has 180 valence electrons. The van der Waals surface area contributed by atoms with Gasteiger partial charge in [0.2, 0.25) is 5.91 Å². The molecule has 3 aliphatic heterocycles. The standard InChI is InChI=1S/C18H28N4O3.C2HF3O2/c1-20-8-6-19-16(20)12-21-9-10-24-14-18(13-21)5-4-15(25-18)11-22-7-2-3-17(22)23;3-2(4,5)1(6)7/h6,8,15H,2-5,7,9-14H2,1H3;(H,6,7)/t15-,18+;/m1./s1. The van der Waals surface area contributed by atoms with Gasteiger partial charge < -0.3 is 24.0 Å². The number of aryl methyl sites for hydroxylation is 1. The van der Waals surface area contributed by atoms with Gasteiger partial charge in [0, 0.05) is 52.0 Å². The molecule has 1 spiro atoms. The van der Waals surface area contributed by atoms with E-state index in [2.05, 4.69) is 14.5 Å². The van der Waals surface area contributed by atoms with Crippen LogP contribution in [0.1, 0.15) is 31.5 Å². The fraction of sp³-hybridized carbons (Fsp3) is 0.750. The fourth-order valence-electron chi connectivity index (χ4n) is 4.26. The van der Waals surface area contributed by atoms with Crippen molar-refractivity contribution in [2.75, 3.05) is 39.4 Å². The summed E-state index contributed by atoms with van der Waals surface area (Å²) in [7, 11) is 2.03. The minimum absolute atomic E-state index is 0.138. The van der Waals surface area contributed by atoms with Crippen molar-refractivity contribution in [1.82, 2.24) is 19.4 Å². The van der Waals surface area contributed by atoms with Crippen LogP contribution >= 0.6 is 0 Å². The van der Waals surface area contributed by atoms with Crippen LogP contribution in [0, 0.1) is 0 Å². The predicted molar refractivity (Wildman–Crippen MR) is 106 cm³/mol. The fourth-order valence-corrected chi connectivity index (χ4v) is 4.26. The average molecular weight is 462 g/mol. The molecular weight excluding hydrogens is 433 g/mol. The number of amides is 1. The van der Waals surface area contributed by atoms with Crippen LogP contribution in [-0.4, -0.2) is 93.6 Å². The van der Waals surface area contributed by atoms with Gasteiger partial charge >= 0.3 is 12.1 Å². The maximum absolute atomic E-state index is 11.9. The van der Waals surface area contributed by atoms with Crippen molar-refractivity contribution in [3.63, 3.8) is 0 Å². The van der Waals surface area contributed by atoms with Crippen LogP contribution in [-0.2, 0) is 32.7 Å². The molecule has 32 heavy (non-hydrogen) atoms. The first-order chi connectivity index (χ1) is 15.1. The van der Waals surface area contributed by atoms with Crippen LogP contribution in [0.4, 0.5) is 13.2 Å². The van der Waals surface area contributed by atoms with Crippen LogP contribution in [0.3, 0.4) is 0 Å². The number of nitrogens with zero attached hydrogens (tertiary/aromatic N) is 4. The Bertz CT molecular complexity index is 802. The lowest BCUT2D eigenvalue weighted by molar-refractivity contribution is -0.192. The Morgan fingerprint density at radius 3 is 2.72 bits per heavy atom. The summed E-state index contributed by atoms with van der Waals surface area (Å²) in [5.74, 6) is -1.42. The minimum atomic E-state index is -5.08. The number of rotatable bonds is 4. The van der Waals surface area contributed by atoms with Gasteiger partial charge in [-0.3, -0.25) is 9.69 Å². The second-order valence-electron chi connectivity index (χ2n) is 8.43. The zero-order chi connectivity index (χ0) is 23.4. The molecule has 4 rings (SSSR count). The number of alkyl halides is 3. The third-order valence-corrected chi connectivity index (χ3v) is 5.89. The van der Waals surface area contributed by atoms with Gasteiger partial charge in [-0.1, -0.05) is 0 Å². The quantitative estimate of drug-likeness (QED) is 0.723. The monoisotopic (exact) mass is 462 g/mol. The number of hydrogen-bond donors (Lipinski definition) is 1. The number of carboxylic acid groups (broad SMARTS) is 1. The van der Waals surface area contributed by atoms with E-state index in [4.69, 9.17) is 19.4 Å². The molecule has 4 heterocycles. The van der Waals surface area contributed by atoms with Gasteiger partial charge in [-0.25, -0.2) is 9.78 Å². The summed E-state index contributed by atoms with van der Waals surface area (Å²) < 4.78 is 46.2. The van der Waals surface area contributed by atoms with E-state index in [0.29, 0.717) is 13.0 Å². The predicted octanol–water partition coefficient (Wildman–Crippen LogP) is 1.43. The smallest absolute Gasteiger partial charge is 0.475 e. The average Bonchev–Trinajstić information content (AvgIpc) is 3.37. The molecule has 0 bridgehead atoms. The Balaban J connectivity index is 0.000000360. The zero-order valence-corrected chi connectivity index (χ0v) is 18.0.